The molecular weight excluding hydrogens is 406 g/mol. The molecule has 0 saturated heterocycles. The van der Waals surface area contributed by atoms with Gasteiger partial charge in [-0.1, -0.05) is 0 Å². The zero-order valence-corrected chi connectivity index (χ0v) is 14.4. The molecule has 0 fully saturated rings. The molecule has 9 heavy (non-hydrogen) atoms. The van der Waals surface area contributed by atoms with Crippen molar-refractivity contribution in [1.82, 2.24) is 0 Å². The molecule has 0 atom stereocenters. The Labute approximate surface area is 148 Å². The number of hydrogen-bond acceptors (Lipinski definition) is 0. The van der Waals surface area contributed by atoms with Crippen molar-refractivity contribution in [1.29, 1.82) is 0 Å². The summed E-state index contributed by atoms with van der Waals surface area (Å²) in [6.45, 7) is 0. The van der Waals surface area contributed by atoms with Gasteiger partial charge in [0.15, 0.2) is 0 Å². The summed E-state index contributed by atoms with van der Waals surface area (Å²) in [5, 5.41) is 0. The van der Waals surface area contributed by atoms with Crippen LogP contribution in [0.25, 0.3) is 0 Å². The van der Waals surface area contributed by atoms with Crippen LogP contribution in [-0.4, -0.2) is 45.5 Å². The summed E-state index contributed by atoms with van der Waals surface area (Å²) in [5.41, 5.74) is 0. The summed E-state index contributed by atoms with van der Waals surface area (Å²) in [4.78, 5) is 0. The molecule has 5 nitrogen and oxygen atoms in total. The van der Waals surface area contributed by atoms with Gasteiger partial charge in [0.05, 0.1) is 0 Å². The van der Waals surface area contributed by atoms with Crippen LogP contribution in [0.5, 0.6) is 0 Å². The molecule has 0 bridgehead atoms. The van der Waals surface area contributed by atoms with Crippen LogP contribution in [0.1, 0.15) is 0 Å². The first-order chi connectivity index (χ1) is 0. The van der Waals surface area contributed by atoms with E-state index in [9.17, 15) is 0 Å². The first-order valence-corrected chi connectivity index (χ1v) is 0. The molecule has 0 aromatic rings. The SMILES string of the molecule is [La+3].[Mn+2].[O-2].[O-2].[O-2].[O-2].[O-2].[Sc+3].[Sr+2]. The summed E-state index contributed by atoms with van der Waals surface area (Å²) < 4.78 is 0. The Morgan fingerprint density at radius 1 is 0.556 bits per heavy atom. The molecule has 0 unspecified atom stereocenters. The van der Waals surface area contributed by atoms with Crippen molar-refractivity contribution in [2.24, 2.45) is 0 Å². The largest absolute Gasteiger partial charge is 3.00 e. The molecule has 0 saturated carbocycles. The predicted octanol–water partition coefficient (Wildman–Crippen LogP) is -0.980. The fraction of sp³-hybridized carbons (Fsp3) is 0. The van der Waals surface area contributed by atoms with Crippen LogP contribution in [-0.2, 0) is 70.3 Å². The Morgan fingerprint density at radius 3 is 0.556 bits per heavy atom. The van der Waals surface area contributed by atoms with E-state index in [0.717, 1.165) is 0 Å². The van der Waals surface area contributed by atoms with Gasteiger partial charge in [0.1, 0.15) is 0 Å². The first kappa shape index (κ1) is 121. The third kappa shape index (κ3) is 77.3. The molecule has 0 aromatic heterocycles. The van der Waals surface area contributed by atoms with E-state index in [2.05, 4.69) is 0 Å². The maximum absolute atomic E-state index is 0. The molecule has 0 spiro atoms. The molecule has 0 rings (SSSR count). The monoisotopic (exact) mass is 407 g/mol. The third-order valence-electron chi connectivity index (χ3n) is 0. The summed E-state index contributed by atoms with van der Waals surface area (Å²) in [5.74, 6) is 0. The van der Waals surface area contributed by atoms with Gasteiger partial charge in [0, 0.05) is 0 Å². The van der Waals surface area contributed by atoms with Gasteiger partial charge in [-0.2, -0.15) is 0 Å². The molecule has 9 heteroatoms. The van der Waals surface area contributed by atoms with E-state index in [-0.39, 0.29) is 151 Å². The van der Waals surface area contributed by atoms with Crippen molar-refractivity contribution in [3.8, 4) is 0 Å². The van der Waals surface area contributed by atoms with Gasteiger partial charge < -0.3 is 27.4 Å². The summed E-state index contributed by atoms with van der Waals surface area (Å²) in [7, 11) is 0. The molecular formula is LaMnO5ScSr. The molecule has 0 aliphatic carbocycles. The molecule has 0 aliphatic rings. The summed E-state index contributed by atoms with van der Waals surface area (Å²) >= 11 is 0. The molecule has 1 radical (unpaired) electrons. The number of hydrogen-bond donors (Lipinski definition) is 0. The third-order valence-corrected chi connectivity index (χ3v) is 0. The van der Waals surface area contributed by atoms with Crippen LogP contribution in [0.2, 0.25) is 0 Å². The molecule has 0 N–H and O–H groups in total. The fourth-order valence-corrected chi connectivity index (χ4v) is 0. The minimum Gasteiger partial charge on any atom is -2.00 e. The molecule has 45 valence electrons. The maximum Gasteiger partial charge on any atom is 3.00 e. The zero-order valence-electron chi connectivity index (χ0n) is 4.28. The van der Waals surface area contributed by atoms with Gasteiger partial charge in [-0.05, 0) is 0 Å². The molecule has 0 amide bonds. The summed E-state index contributed by atoms with van der Waals surface area (Å²) in [6, 6.07) is 0. The average molecular weight is 406 g/mol. The van der Waals surface area contributed by atoms with Gasteiger partial charge in [0.25, 0.3) is 0 Å². The smallest absolute Gasteiger partial charge is 2.00 e. The second kappa shape index (κ2) is 93.8. The average Bonchev–Trinajstić information content (AvgIpc) is 0. The van der Waals surface area contributed by atoms with Crippen molar-refractivity contribution in [2.75, 3.05) is 0 Å². The van der Waals surface area contributed by atoms with Crippen LogP contribution < -0.4 is 0 Å². The van der Waals surface area contributed by atoms with Gasteiger partial charge in [0.2, 0.25) is 0 Å². The van der Waals surface area contributed by atoms with Crippen molar-refractivity contribution in [2.45, 2.75) is 0 Å². The predicted molar refractivity (Wildman–Crippen MR) is 9.19 cm³/mol. The van der Waals surface area contributed by atoms with Crippen LogP contribution in [0.15, 0.2) is 0 Å². The standard InChI is InChI=1S/La.Mn.5O.Sc.Sr/q+3;+2;5*-2;+3;+2. The van der Waals surface area contributed by atoms with Crippen LogP contribution in [0.4, 0.5) is 0 Å². The van der Waals surface area contributed by atoms with Crippen molar-refractivity contribution >= 4 is 45.5 Å². The van der Waals surface area contributed by atoms with Gasteiger partial charge in [-0.25, -0.2) is 0 Å². The van der Waals surface area contributed by atoms with E-state index in [1.54, 1.807) is 0 Å². The Kier molecular flexibility index (Phi) is 1260. The van der Waals surface area contributed by atoms with Crippen molar-refractivity contribution in [3.63, 3.8) is 0 Å². The Morgan fingerprint density at radius 2 is 0.556 bits per heavy atom. The van der Waals surface area contributed by atoms with E-state index >= 15 is 0 Å². The quantitative estimate of drug-likeness (QED) is 0.456. The molecule has 0 heterocycles. The maximum atomic E-state index is 0. The Hall–Kier alpha value is 3.86. The minimum atomic E-state index is 0. The second-order valence-corrected chi connectivity index (χ2v) is 0. The van der Waals surface area contributed by atoms with Crippen LogP contribution in [0, 0.1) is 35.6 Å². The van der Waals surface area contributed by atoms with Crippen molar-refractivity contribution < 1.29 is 106 Å². The van der Waals surface area contributed by atoms with Gasteiger partial charge in [-0.3, -0.25) is 0 Å². The van der Waals surface area contributed by atoms with E-state index in [1.165, 1.54) is 0 Å². The fourth-order valence-electron chi connectivity index (χ4n) is 0. The second-order valence-electron chi connectivity index (χ2n) is 0. The van der Waals surface area contributed by atoms with Gasteiger partial charge in [-0.15, -0.1) is 0 Å². The molecule has 0 aliphatic heterocycles. The van der Waals surface area contributed by atoms with E-state index in [1.807, 2.05) is 0 Å². The van der Waals surface area contributed by atoms with Crippen LogP contribution >= 0.6 is 0 Å². The zero-order chi connectivity index (χ0) is 0. The van der Waals surface area contributed by atoms with Crippen LogP contribution in [0.3, 0.4) is 0 Å². The van der Waals surface area contributed by atoms with Gasteiger partial charge >= 0.3 is 124 Å². The Bertz CT molecular complexity index is 16.9. The number of rotatable bonds is 0. The molecule has 0 aromatic carbocycles. The summed E-state index contributed by atoms with van der Waals surface area (Å²) in [6.07, 6.45) is 0. The van der Waals surface area contributed by atoms with E-state index in [0.29, 0.717) is 0 Å². The minimum absolute atomic E-state index is 0. The Balaban J connectivity index is 0. The van der Waals surface area contributed by atoms with E-state index < -0.39 is 0 Å². The first-order valence-electron chi connectivity index (χ1n) is 0. The topological polar surface area (TPSA) is 142 Å². The normalized spacial score (nSPS) is 0. The van der Waals surface area contributed by atoms with E-state index in [4.69, 9.17) is 0 Å². The van der Waals surface area contributed by atoms with Crippen molar-refractivity contribution in [3.05, 3.63) is 0 Å².